The number of piperidine rings is 1. The van der Waals surface area contributed by atoms with Crippen LogP contribution in [0.4, 0.5) is 33.5 Å². The minimum atomic E-state index is -4.81. The summed E-state index contributed by atoms with van der Waals surface area (Å²) in [6.45, 7) is 0.846. The van der Waals surface area contributed by atoms with Gasteiger partial charge in [0.05, 0.1) is 11.1 Å². The summed E-state index contributed by atoms with van der Waals surface area (Å²) in [6, 6.07) is 2.70. The fourth-order valence-electron chi connectivity index (χ4n) is 3.15. The number of nitrogens with one attached hydrogen (secondary N) is 1. The quantitative estimate of drug-likeness (QED) is 0.651. The maximum absolute atomic E-state index is 13.8. The Morgan fingerprint density at radius 3 is 2.56 bits per heavy atom. The molecule has 1 amide bonds. The van der Waals surface area contributed by atoms with Gasteiger partial charge in [-0.3, -0.25) is 4.79 Å². The molecule has 3 rings (SSSR count). The fourth-order valence-corrected chi connectivity index (χ4v) is 3.65. The van der Waals surface area contributed by atoms with Crippen LogP contribution in [0.25, 0.3) is 0 Å². The van der Waals surface area contributed by atoms with Crippen LogP contribution < -0.4 is 15.4 Å². The van der Waals surface area contributed by atoms with Crippen LogP contribution in [0, 0.1) is 5.92 Å². The largest absolute Gasteiger partial charge is 0.417 e. The highest BCUT2D eigenvalue weighted by Gasteiger charge is 2.42. The Morgan fingerprint density at radius 1 is 1.28 bits per heavy atom. The lowest BCUT2D eigenvalue weighted by atomic mass is 9.95. The molecule has 0 spiro atoms. The lowest BCUT2D eigenvalue weighted by Crippen LogP contribution is -2.46. The molecule has 1 fully saturated rings. The molecule has 8 nitrogen and oxygen atoms in total. The number of anilines is 2. The van der Waals surface area contributed by atoms with Crippen molar-refractivity contribution in [1.29, 1.82) is 0 Å². The number of aromatic nitrogens is 2. The first kappa shape index (κ1) is 23.8. The second-order valence-corrected chi connectivity index (χ2v) is 8.84. The van der Waals surface area contributed by atoms with Gasteiger partial charge >= 0.3 is 6.18 Å². The Balaban J connectivity index is 1.99. The van der Waals surface area contributed by atoms with Gasteiger partial charge in [0, 0.05) is 49.6 Å². The van der Waals surface area contributed by atoms with Gasteiger partial charge < -0.3 is 10.2 Å². The smallest absolute Gasteiger partial charge is 0.355 e. The SMILES string of the molecule is CC1CN(c2ncc(C(F)(F)F)cc2C(=O)Nc2ccnc(S(N)(=O)=O)c2)CCC1(F)F. The standard InChI is InChI=1S/C18H18F5N5O3S/c1-10-9-28(5-3-17(10,19)20)15-13(6-11(8-26-15)18(21,22)23)16(29)27-12-2-4-25-14(7-12)32(24,30)31/h2,4,6-8,10H,3,5,9H2,1H3,(H2,24,30,31)(H,25,27,29). The molecular formula is C18H18F5N5O3S. The second kappa shape index (κ2) is 8.24. The van der Waals surface area contributed by atoms with E-state index < -0.39 is 56.5 Å². The molecule has 1 atom stereocenters. The molecule has 1 unspecified atom stereocenters. The predicted molar refractivity (Wildman–Crippen MR) is 104 cm³/mol. The van der Waals surface area contributed by atoms with Crippen molar-refractivity contribution >= 4 is 27.4 Å². The molecule has 2 aromatic rings. The number of carbonyl (C=O) groups is 1. The van der Waals surface area contributed by atoms with Crippen molar-refractivity contribution in [2.75, 3.05) is 23.3 Å². The zero-order valence-corrected chi connectivity index (χ0v) is 17.3. The summed E-state index contributed by atoms with van der Waals surface area (Å²) in [6.07, 6.45) is -3.80. The van der Waals surface area contributed by atoms with Crippen molar-refractivity contribution in [2.45, 2.75) is 30.5 Å². The molecule has 0 radical (unpaired) electrons. The van der Waals surface area contributed by atoms with Gasteiger partial charge in [-0.15, -0.1) is 0 Å². The van der Waals surface area contributed by atoms with E-state index in [9.17, 15) is 35.2 Å². The Labute approximate surface area is 179 Å². The molecule has 0 aromatic carbocycles. The molecule has 14 heteroatoms. The summed E-state index contributed by atoms with van der Waals surface area (Å²) >= 11 is 0. The molecule has 32 heavy (non-hydrogen) atoms. The predicted octanol–water partition coefficient (Wildman–Crippen LogP) is 2.88. The number of carbonyl (C=O) groups excluding carboxylic acids is 1. The van der Waals surface area contributed by atoms with E-state index in [0.717, 1.165) is 12.3 Å². The van der Waals surface area contributed by atoms with Crippen LogP contribution in [-0.2, 0) is 16.2 Å². The van der Waals surface area contributed by atoms with Gasteiger partial charge in [-0.2, -0.15) is 13.2 Å². The van der Waals surface area contributed by atoms with Gasteiger partial charge in [0.1, 0.15) is 5.82 Å². The molecule has 2 aromatic heterocycles. The Kier molecular flexibility index (Phi) is 6.12. The average molecular weight is 479 g/mol. The molecule has 1 saturated heterocycles. The highest BCUT2D eigenvalue weighted by atomic mass is 32.2. The third-order valence-corrected chi connectivity index (χ3v) is 5.76. The number of halogens is 5. The number of pyridine rings is 2. The van der Waals surface area contributed by atoms with Crippen molar-refractivity contribution in [3.05, 3.63) is 41.7 Å². The van der Waals surface area contributed by atoms with E-state index in [-0.39, 0.29) is 24.6 Å². The number of amides is 1. The van der Waals surface area contributed by atoms with Gasteiger partial charge in [-0.05, 0) is 12.1 Å². The lowest BCUT2D eigenvalue weighted by Gasteiger charge is -2.38. The number of hydrogen-bond acceptors (Lipinski definition) is 6. The first-order valence-corrected chi connectivity index (χ1v) is 10.7. The average Bonchev–Trinajstić information content (AvgIpc) is 2.68. The van der Waals surface area contributed by atoms with Crippen molar-refractivity contribution in [2.24, 2.45) is 11.1 Å². The number of sulfonamides is 1. The summed E-state index contributed by atoms with van der Waals surface area (Å²) in [5, 5.41) is 6.70. The van der Waals surface area contributed by atoms with Gasteiger partial charge in [0.2, 0.25) is 0 Å². The van der Waals surface area contributed by atoms with Crippen molar-refractivity contribution in [3.8, 4) is 0 Å². The van der Waals surface area contributed by atoms with E-state index >= 15 is 0 Å². The molecule has 3 N–H and O–H groups in total. The van der Waals surface area contributed by atoms with E-state index in [1.54, 1.807) is 0 Å². The molecule has 174 valence electrons. The van der Waals surface area contributed by atoms with Gasteiger partial charge in [0.25, 0.3) is 21.9 Å². The van der Waals surface area contributed by atoms with Crippen molar-refractivity contribution in [3.63, 3.8) is 0 Å². The Morgan fingerprint density at radius 2 is 1.97 bits per heavy atom. The summed E-state index contributed by atoms with van der Waals surface area (Å²) in [5.74, 6) is -5.31. The van der Waals surface area contributed by atoms with E-state index in [0.29, 0.717) is 12.3 Å². The highest BCUT2D eigenvalue weighted by molar-refractivity contribution is 7.89. The number of nitrogens with zero attached hydrogens (tertiary/aromatic N) is 3. The minimum absolute atomic E-state index is 0.101. The molecular weight excluding hydrogens is 461 g/mol. The number of alkyl halides is 5. The van der Waals surface area contributed by atoms with Crippen LogP contribution >= 0.6 is 0 Å². The molecule has 1 aliphatic rings. The van der Waals surface area contributed by atoms with Crippen LogP contribution in [0.3, 0.4) is 0 Å². The molecule has 1 aliphatic heterocycles. The van der Waals surface area contributed by atoms with Crippen LogP contribution in [0.1, 0.15) is 29.3 Å². The fraction of sp³-hybridized carbons (Fsp3) is 0.389. The third-order valence-electron chi connectivity index (χ3n) is 4.95. The Bertz CT molecular complexity index is 1140. The number of primary sulfonamides is 1. The summed E-state index contributed by atoms with van der Waals surface area (Å²) in [4.78, 5) is 21.4. The van der Waals surface area contributed by atoms with E-state index in [4.69, 9.17) is 5.14 Å². The normalized spacial score (nSPS) is 19.0. The monoisotopic (exact) mass is 479 g/mol. The number of rotatable bonds is 4. The number of nitrogens with two attached hydrogens (primary N) is 1. The second-order valence-electron chi connectivity index (χ2n) is 7.33. The molecule has 3 heterocycles. The van der Waals surface area contributed by atoms with Crippen molar-refractivity contribution < 1.29 is 35.2 Å². The molecule has 0 bridgehead atoms. The first-order valence-electron chi connectivity index (χ1n) is 9.19. The highest BCUT2D eigenvalue weighted by Crippen LogP contribution is 2.37. The first-order chi connectivity index (χ1) is 14.7. The zero-order chi connectivity index (χ0) is 23.9. The van der Waals surface area contributed by atoms with Crippen LogP contribution in [0.15, 0.2) is 35.6 Å². The number of hydrogen-bond donors (Lipinski definition) is 2. The maximum Gasteiger partial charge on any atom is 0.417 e. The van der Waals surface area contributed by atoms with E-state index in [1.807, 2.05) is 0 Å². The van der Waals surface area contributed by atoms with Crippen LogP contribution in [-0.4, -0.2) is 43.3 Å². The van der Waals surface area contributed by atoms with E-state index in [1.165, 1.54) is 17.9 Å². The maximum atomic E-state index is 13.8. The topological polar surface area (TPSA) is 118 Å². The molecule has 0 saturated carbocycles. The summed E-state index contributed by atoms with van der Waals surface area (Å²) < 4.78 is 90.2. The summed E-state index contributed by atoms with van der Waals surface area (Å²) in [5.41, 5.74) is -1.82. The third kappa shape index (κ3) is 5.12. The zero-order valence-electron chi connectivity index (χ0n) is 16.5. The van der Waals surface area contributed by atoms with Gasteiger partial charge in [-0.25, -0.2) is 32.3 Å². The van der Waals surface area contributed by atoms with Crippen molar-refractivity contribution in [1.82, 2.24) is 9.97 Å². The Hall–Kier alpha value is -2.87. The van der Waals surface area contributed by atoms with Crippen LogP contribution in [0.2, 0.25) is 0 Å². The summed E-state index contributed by atoms with van der Waals surface area (Å²) in [7, 11) is -4.20. The lowest BCUT2D eigenvalue weighted by molar-refractivity contribution is -0.137. The molecule has 0 aliphatic carbocycles. The van der Waals surface area contributed by atoms with E-state index in [2.05, 4.69) is 15.3 Å². The minimum Gasteiger partial charge on any atom is -0.355 e. The van der Waals surface area contributed by atoms with Gasteiger partial charge in [0.15, 0.2) is 5.03 Å². The van der Waals surface area contributed by atoms with Crippen LogP contribution in [0.5, 0.6) is 0 Å². The van der Waals surface area contributed by atoms with Gasteiger partial charge in [-0.1, -0.05) is 6.92 Å².